The first-order valence-electron chi connectivity index (χ1n) is 10.9. The second-order valence-electron chi connectivity index (χ2n) is 8.53. The normalized spacial score (nSPS) is 17.5. The summed E-state index contributed by atoms with van der Waals surface area (Å²) in [6, 6.07) is 11.9. The number of ketones is 1. The third-order valence-corrected chi connectivity index (χ3v) is 6.66. The highest BCUT2D eigenvalue weighted by molar-refractivity contribution is 6.50. The molecule has 0 atom stereocenters. The Morgan fingerprint density at radius 3 is 2.42 bits per heavy atom. The number of hydrogen-bond acceptors (Lipinski definition) is 4. The van der Waals surface area contributed by atoms with Crippen molar-refractivity contribution in [3.63, 3.8) is 0 Å². The van der Waals surface area contributed by atoms with Gasteiger partial charge in [0.25, 0.3) is 11.8 Å². The van der Waals surface area contributed by atoms with E-state index in [-0.39, 0.29) is 23.0 Å². The summed E-state index contributed by atoms with van der Waals surface area (Å²) in [5.41, 5.74) is 2.27. The SMILES string of the molecule is O=C1CCC(n2cc(C3=C(c4cccc5ccoc45)C(=O)NC3=O)c3c(F)cccc32)CC1. The van der Waals surface area contributed by atoms with Crippen LogP contribution in [0.1, 0.15) is 42.9 Å². The number of benzene rings is 2. The zero-order valence-electron chi connectivity index (χ0n) is 17.6. The maximum absolute atomic E-state index is 15.2. The third-order valence-electron chi connectivity index (χ3n) is 6.66. The molecule has 0 bridgehead atoms. The summed E-state index contributed by atoms with van der Waals surface area (Å²) in [5, 5.41) is 3.47. The maximum atomic E-state index is 15.2. The Morgan fingerprint density at radius 1 is 0.909 bits per heavy atom. The highest BCUT2D eigenvalue weighted by Crippen LogP contribution is 2.41. The summed E-state index contributed by atoms with van der Waals surface area (Å²) in [6.07, 6.45) is 5.54. The fourth-order valence-corrected chi connectivity index (χ4v) is 5.12. The average molecular weight is 442 g/mol. The zero-order valence-corrected chi connectivity index (χ0v) is 17.6. The number of carbonyl (C=O) groups is 3. The molecule has 2 aliphatic rings. The van der Waals surface area contributed by atoms with Gasteiger partial charge in [-0.25, -0.2) is 4.39 Å². The first kappa shape index (κ1) is 19.7. The number of nitrogens with one attached hydrogen (secondary N) is 1. The topological polar surface area (TPSA) is 81.3 Å². The molecule has 2 aromatic heterocycles. The maximum Gasteiger partial charge on any atom is 0.259 e. The molecule has 7 heteroatoms. The van der Waals surface area contributed by atoms with Gasteiger partial charge in [-0.15, -0.1) is 0 Å². The number of fused-ring (bicyclic) bond motifs is 2. The zero-order chi connectivity index (χ0) is 22.7. The van der Waals surface area contributed by atoms with Crippen LogP contribution < -0.4 is 5.32 Å². The van der Waals surface area contributed by atoms with Crippen LogP contribution >= 0.6 is 0 Å². The molecule has 3 heterocycles. The largest absolute Gasteiger partial charge is 0.464 e. The number of halogens is 1. The minimum Gasteiger partial charge on any atom is -0.464 e. The number of furan rings is 1. The van der Waals surface area contributed by atoms with E-state index in [0.717, 1.165) is 5.39 Å². The summed E-state index contributed by atoms with van der Waals surface area (Å²) in [5.74, 6) is -1.35. The van der Waals surface area contributed by atoms with Crippen LogP contribution in [0, 0.1) is 5.82 Å². The molecule has 1 aliphatic carbocycles. The van der Waals surface area contributed by atoms with Crippen LogP contribution in [0.4, 0.5) is 4.39 Å². The smallest absolute Gasteiger partial charge is 0.259 e. The number of para-hydroxylation sites is 1. The molecule has 1 N–H and O–H groups in total. The third kappa shape index (κ3) is 2.96. The van der Waals surface area contributed by atoms with Gasteiger partial charge in [0.2, 0.25) is 0 Å². The highest BCUT2D eigenvalue weighted by atomic mass is 19.1. The first-order valence-corrected chi connectivity index (χ1v) is 10.9. The van der Waals surface area contributed by atoms with Crippen LogP contribution in [0.5, 0.6) is 0 Å². The van der Waals surface area contributed by atoms with Crippen molar-refractivity contribution in [3.8, 4) is 0 Å². The summed E-state index contributed by atoms with van der Waals surface area (Å²) in [7, 11) is 0. The number of hydrogen-bond donors (Lipinski definition) is 1. The van der Waals surface area contributed by atoms with Gasteiger partial charge in [-0.2, -0.15) is 0 Å². The molecule has 164 valence electrons. The lowest BCUT2D eigenvalue weighted by atomic mass is 9.94. The number of carbonyl (C=O) groups excluding carboxylic acids is 3. The van der Waals surface area contributed by atoms with Crippen molar-refractivity contribution < 1.29 is 23.2 Å². The molecule has 0 spiro atoms. The number of imide groups is 1. The Labute approximate surface area is 187 Å². The Balaban J connectivity index is 1.63. The molecule has 33 heavy (non-hydrogen) atoms. The number of aromatic nitrogens is 1. The summed E-state index contributed by atoms with van der Waals surface area (Å²) in [6.45, 7) is 0. The second-order valence-corrected chi connectivity index (χ2v) is 8.53. The molecule has 1 saturated carbocycles. The molecule has 1 aliphatic heterocycles. The molecule has 6 rings (SSSR count). The minimum atomic E-state index is -0.570. The summed E-state index contributed by atoms with van der Waals surface area (Å²) >= 11 is 0. The number of rotatable bonds is 3. The molecule has 6 nitrogen and oxygen atoms in total. The average Bonchev–Trinajstić information content (AvgIpc) is 3.50. The molecule has 0 unspecified atom stereocenters. The van der Waals surface area contributed by atoms with Crippen LogP contribution in [0.3, 0.4) is 0 Å². The van der Waals surface area contributed by atoms with Crippen molar-refractivity contribution in [1.29, 1.82) is 0 Å². The van der Waals surface area contributed by atoms with Crippen molar-refractivity contribution in [1.82, 2.24) is 9.88 Å². The Hall–Kier alpha value is -4.00. The van der Waals surface area contributed by atoms with Gasteiger partial charge in [-0.3, -0.25) is 19.7 Å². The monoisotopic (exact) mass is 442 g/mol. The predicted octanol–water partition coefficient (Wildman–Crippen LogP) is 4.78. The first-order chi connectivity index (χ1) is 16.0. The van der Waals surface area contributed by atoms with Gasteiger partial charge in [-0.05, 0) is 31.0 Å². The van der Waals surface area contributed by atoms with E-state index in [1.165, 1.54) is 12.3 Å². The minimum absolute atomic E-state index is 0.0125. The molecule has 2 aromatic carbocycles. The van der Waals surface area contributed by atoms with Crippen LogP contribution in [0.25, 0.3) is 33.0 Å². The van der Waals surface area contributed by atoms with Gasteiger partial charge in [0.1, 0.15) is 17.2 Å². The van der Waals surface area contributed by atoms with Gasteiger partial charge >= 0.3 is 0 Å². The standard InChI is InChI=1S/C26H19FN2O4/c27-19-5-2-6-20-21(19)18(13-29(20)15-7-9-16(30)10-8-15)23-22(25(31)28-26(23)32)17-4-1-3-14-11-12-33-24(14)17/h1-6,11-13,15H,7-10H2,(H,28,31,32). The van der Waals surface area contributed by atoms with Crippen molar-refractivity contribution in [2.24, 2.45) is 0 Å². The molecule has 1 fully saturated rings. The van der Waals surface area contributed by atoms with Crippen LogP contribution in [0.2, 0.25) is 0 Å². The van der Waals surface area contributed by atoms with Gasteiger partial charge < -0.3 is 8.98 Å². The Kier molecular flexibility index (Phi) is 4.33. The fraction of sp³-hybridized carbons (Fsp3) is 0.192. The molecular formula is C26H19FN2O4. The highest BCUT2D eigenvalue weighted by Gasteiger charge is 2.36. The molecule has 0 radical (unpaired) electrons. The second kappa shape index (κ2) is 7.27. The van der Waals surface area contributed by atoms with Crippen LogP contribution in [-0.2, 0) is 14.4 Å². The number of amides is 2. The predicted molar refractivity (Wildman–Crippen MR) is 121 cm³/mol. The van der Waals surface area contributed by atoms with E-state index in [1.54, 1.807) is 36.5 Å². The number of nitrogens with zero attached hydrogens (tertiary/aromatic N) is 1. The van der Waals surface area contributed by atoms with Gasteiger partial charge in [0, 0.05) is 47.0 Å². The summed E-state index contributed by atoms with van der Waals surface area (Å²) < 4.78 is 22.7. The lowest BCUT2D eigenvalue weighted by molar-refractivity contribution is -0.123. The fourth-order valence-electron chi connectivity index (χ4n) is 5.12. The van der Waals surface area contributed by atoms with Gasteiger partial charge in [0.15, 0.2) is 0 Å². The van der Waals surface area contributed by atoms with Crippen molar-refractivity contribution >= 4 is 50.6 Å². The molecule has 0 saturated heterocycles. The van der Waals surface area contributed by atoms with Crippen LogP contribution in [-0.4, -0.2) is 22.2 Å². The van der Waals surface area contributed by atoms with E-state index >= 15 is 4.39 Å². The van der Waals surface area contributed by atoms with E-state index in [2.05, 4.69) is 5.32 Å². The van der Waals surface area contributed by atoms with Gasteiger partial charge in [-0.1, -0.05) is 24.3 Å². The van der Waals surface area contributed by atoms with Crippen molar-refractivity contribution in [3.05, 3.63) is 71.9 Å². The van der Waals surface area contributed by atoms with E-state index in [4.69, 9.17) is 4.42 Å². The Bertz CT molecular complexity index is 1510. The van der Waals surface area contributed by atoms with Crippen molar-refractivity contribution in [2.75, 3.05) is 0 Å². The Morgan fingerprint density at radius 2 is 1.64 bits per heavy atom. The van der Waals surface area contributed by atoms with E-state index in [1.807, 2.05) is 10.6 Å². The molecule has 2 amide bonds. The van der Waals surface area contributed by atoms with E-state index < -0.39 is 17.6 Å². The van der Waals surface area contributed by atoms with Crippen LogP contribution in [0.15, 0.2) is 59.3 Å². The lowest BCUT2D eigenvalue weighted by Crippen LogP contribution is -2.22. The lowest BCUT2D eigenvalue weighted by Gasteiger charge is -2.23. The molecule has 4 aromatic rings. The molecular weight excluding hydrogens is 423 g/mol. The van der Waals surface area contributed by atoms with E-state index in [9.17, 15) is 14.4 Å². The van der Waals surface area contributed by atoms with E-state index in [0.29, 0.717) is 53.3 Å². The quantitative estimate of drug-likeness (QED) is 0.463. The number of Topliss-reactive ketones (excluding diaryl/α,β-unsaturated/α-hetero) is 1. The van der Waals surface area contributed by atoms with Crippen molar-refractivity contribution in [2.45, 2.75) is 31.7 Å². The van der Waals surface area contributed by atoms with Gasteiger partial charge in [0.05, 0.1) is 22.9 Å². The summed E-state index contributed by atoms with van der Waals surface area (Å²) in [4.78, 5) is 37.7.